The molecule has 0 aliphatic carbocycles. The molecule has 0 amide bonds. The van der Waals surface area contributed by atoms with Crippen LogP contribution in [0.3, 0.4) is 0 Å². The summed E-state index contributed by atoms with van der Waals surface area (Å²) in [7, 11) is 0. The van der Waals surface area contributed by atoms with Gasteiger partial charge in [0.15, 0.2) is 17.2 Å². The summed E-state index contributed by atoms with van der Waals surface area (Å²) in [6.07, 6.45) is 0. The van der Waals surface area contributed by atoms with E-state index in [-0.39, 0.29) is 22.8 Å². The lowest BCUT2D eigenvalue weighted by molar-refractivity contribution is 0.368. The quantitative estimate of drug-likeness (QED) is 0.375. The van der Waals surface area contributed by atoms with Crippen LogP contribution >= 0.6 is 0 Å². The number of rotatable bonds is 2. The Kier molecular flexibility index (Phi) is 3.17. The second-order valence-corrected chi connectivity index (χ2v) is 5.27. The molecule has 0 radical (unpaired) electrons. The number of aromatic hydroxyl groups is 3. The minimum absolute atomic E-state index is 0.0214. The molecule has 4 rings (SSSR count). The molecule has 8 heteroatoms. The molecule has 3 N–H and O–H groups in total. The first-order valence-corrected chi connectivity index (χ1v) is 7.15. The molecule has 0 aliphatic heterocycles. The monoisotopic (exact) mass is 338 g/mol. The largest absolute Gasteiger partial charge is 0.504 e. The van der Waals surface area contributed by atoms with Crippen LogP contribution in [0, 0.1) is 0 Å². The van der Waals surface area contributed by atoms with Crippen molar-refractivity contribution in [1.29, 1.82) is 0 Å². The fourth-order valence-electron chi connectivity index (χ4n) is 2.39. The first kappa shape index (κ1) is 14.8. The van der Waals surface area contributed by atoms with E-state index in [0.29, 0.717) is 11.0 Å². The van der Waals surface area contributed by atoms with Crippen molar-refractivity contribution in [2.45, 2.75) is 0 Å². The second kappa shape index (κ2) is 5.38. The highest BCUT2D eigenvalue weighted by atomic mass is 16.5. The molecular weight excluding hydrogens is 328 g/mol. The fraction of sp³-hybridized carbons (Fsp3) is 0. The number of phenolic OH excluding ortho intramolecular Hbond substituents is 3. The van der Waals surface area contributed by atoms with E-state index in [1.165, 1.54) is 0 Å². The first-order valence-electron chi connectivity index (χ1n) is 7.15. The summed E-state index contributed by atoms with van der Waals surface area (Å²) in [5, 5.41) is 32.9. The van der Waals surface area contributed by atoms with Gasteiger partial charge in [-0.15, -0.1) is 0 Å². The summed E-state index contributed by atoms with van der Waals surface area (Å²) in [5.74, 6) is -1.77. The molecule has 4 aromatic rings. The Morgan fingerprint density at radius 1 is 0.960 bits per heavy atom. The van der Waals surface area contributed by atoms with E-state index in [9.17, 15) is 20.1 Å². The van der Waals surface area contributed by atoms with Crippen molar-refractivity contribution in [1.82, 2.24) is 10.1 Å². The third-order valence-electron chi connectivity index (χ3n) is 3.63. The van der Waals surface area contributed by atoms with Crippen molar-refractivity contribution < 1.29 is 24.3 Å². The molecule has 0 unspecified atom stereocenters. The van der Waals surface area contributed by atoms with Gasteiger partial charge in [-0.1, -0.05) is 23.4 Å². The third kappa shape index (κ3) is 2.45. The zero-order chi connectivity index (χ0) is 17.6. The van der Waals surface area contributed by atoms with Gasteiger partial charge in [-0.2, -0.15) is 4.98 Å². The second-order valence-electron chi connectivity index (χ2n) is 5.27. The van der Waals surface area contributed by atoms with Crippen LogP contribution in [0.15, 0.2) is 56.2 Å². The van der Waals surface area contributed by atoms with E-state index < -0.39 is 22.9 Å². The number of hydrogen-bond donors (Lipinski definition) is 3. The zero-order valence-electron chi connectivity index (χ0n) is 12.5. The van der Waals surface area contributed by atoms with Gasteiger partial charge in [0, 0.05) is 10.9 Å². The topological polar surface area (TPSA) is 130 Å². The minimum atomic E-state index is -0.650. The Hall–Kier alpha value is -3.81. The summed E-state index contributed by atoms with van der Waals surface area (Å²) in [4.78, 5) is 16.2. The van der Waals surface area contributed by atoms with Crippen molar-refractivity contribution in [3.63, 3.8) is 0 Å². The van der Waals surface area contributed by atoms with Crippen LogP contribution in [-0.4, -0.2) is 25.5 Å². The maximum Gasteiger partial charge on any atom is 0.349 e. The highest BCUT2D eigenvalue weighted by molar-refractivity contribution is 5.80. The minimum Gasteiger partial charge on any atom is -0.504 e. The maximum atomic E-state index is 12.1. The van der Waals surface area contributed by atoms with Crippen molar-refractivity contribution in [3.05, 3.63) is 52.9 Å². The van der Waals surface area contributed by atoms with E-state index in [4.69, 9.17) is 8.94 Å². The molecule has 0 bridgehead atoms. The molecule has 0 atom stereocenters. The lowest BCUT2D eigenvalue weighted by Gasteiger charge is -2.02. The van der Waals surface area contributed by atoms with Gasteiger partial charge in [0.05, 0.1) is 0 Å². The molecule has 0 aliphatic rings. The molecule has 8 nitrogen and oxygen atoms in total. The summed E-state index contributed by atoms with van der Waals surface area (Å²) in [6, 6.07) is 10.9. The molecule has 25 heavy (non-hydrogen) atoms. The zero-order valence-corrected chi connectivity index (χ0v) is 12.5. The maximum absolute atomic E-state index is 12.1. The number of benzene rings is 2. The molecule has 2 aromatic carbocycles. The molecule has 124 valence electrons. The van der Waals surface area contributed by atoms with Crippen LogP contribution in [0.4, 0.5) is 0 Å². The Labute approximate surface area is 139 Å². The Bertz CT molecular complexity index is 1140. The number of aromatic nitrogens is 2. The predicted octanol–water partition coefficient (Wildman–Crippen LogP) is 2.63. The van der Waals surface area contributed by atoms with Gasteiger partial charge in [-0.3, -0.25) is 0 Å². The predicted molar refractivity (Wildman–Crippen MR) is 86.2 cm³/mol. The molecule has 2 aromatic heterocycles. The number of hydrogen-bond acceptors (Lipinski definition) is 8. The van der Waals surface area contributed by atoms with Gasteiger partial charge in [0.2, 0.25) is 5.82 Å². The highest BCUT2D eigenvalue weighted by Gasteiger charge is 2.18. The van der Waals surface area contributed by atoms with Gasteiger partial charge in [-0.25, -0.2) is 4.79 Å². The van der Waals surface area contributed by atoms with Crippen molar-refractivity contribution in [2.75, 3.05) is 0 Å². The standard InChI is InChI=1S/C17H10N2O6/c20-11-6-9(7-12(21)14(11)22)15-18-16(25-19-15)10-5-8-3-1-2-4-13(8)24-17(10)23/h1-7,20-22H. The van der Waals surface area contributed by atoms with Crippen molar-refractivity contribution in [2.24, 2.45) is 0 Å². The Balaban J connectivity index is 1.82. The molecular formula is C17H10N2O6. The SMILES string of the molecule is O=c1oc2ccccc2cc1-c1nc(-c2cc(O)c(O)c(O)c2)no1. The summed E-state index contributed by atoms with van der Waals surface area (Å²) < 4.78 is 10.3. The van der Waals surface area contributed by atoms with E-state index in [1.807, 2.05) is 0 Å². The molecule has 0 fully saturated rings. The van der Waals surface area contributed by atoms with Gasteiger partial charge in [0.25, 0.3) is 5.89 Å². The molecule has 0 spiro atoms. The van der Waals surface area contributed by atoms with Crippen LogP contribution in [0.5, 0.6) is 17.2 Å². The van der Waals surface area contributed by atoms with Crippen molar-refractivity contribution >= 4 is 11.0 Å². The average molecular weight is 338 g/mol. The van der Waals surface area contributed by atoms with Crippen LogP contribution in [0.25, 0.3) is 33.8 Å². The van der Waals surface area contributed by atoms with Crippen LogP contribution < -0.4 is 5.63 Å². The summed E-state index contributed by atoms with van der Waals surface area (Å²) in [5.41, 5.74) is 0.0901. The van der Waals surface area contributed by atoms with Crippen molar-refractivity contribution in [3.8, 4) is 40.1 Å². The van der Waals surface area contributed by atoms with E-state index in [1.54, 1.807) is 30.3 Å². The fourth-order valence-corrected chi connectivity index (χ4v) is 2.39. The molecule has 2 heterocycles. The number of para-hydroxylation sites is 1. The molecule has 0 saturated carbocycles. The lowest BCUT2D eigenvalue weighted by Crippen LogP contribution is -2.02. The number of nitrogens with zero attached hydrogens (tertiary/aromatic N) is 2. The van der Waals surface area contributed by atoms with E-state index >= 15 is 0 Å². The smallest absolute Gasteiger partial charge is 0.349 e. The highest BCUT2D eigenvalue weighted by Crippen LogP contribution is 2.38. The Morgan fingerprint density at radius 3 is 2.44 bits per heavy atom. The van der Waals surface area contributed by atoms with Gasteiger partial charge < -0.3 is 24.3 Å². The number of fused-ring (bicyclic) bond motifs is 1. The van der Waals surface area contributed by atoms with E-state index in [0.717, 1.165) is 12.1 Å². The average Bonchev–Trinajstić information content (AvgIpc) is 3.08. The normalized spacial score (nSPS) is 11.0. The summed E-state index contributed by atoms with van der Waals surface area (Å²) in [6.45, 7) is 0. The van der Waals surface area contributed by atoms with Crippen LogP contribution in [-0.2, 0) is 0 Å². The lowest BCUT2D eigenvalue weighted by atomic mass is 10.1. The van der Waals surface area contributed by atoms with Crippen LogP contribution in [0.1, 0.15) is 0 Å². The van der Waals surface area contributed by atoms with E-state index in [2.05, 4.69) is 10.1 Å². The summed E-state index contributed by atoms with van der Waals surface area (Å²) >= 11 is 0. The first-order chi connectivity index (χ1) is 12.0. The van der Waals surface area contributed by atoms with Crippen LogP contribution in [0.2, 0.25) is 0 Å². The Morgan fingerprint density at radius 2 is 1.68 bits per heavy atom. The van der Waals surface area contributed by atoms with Gasteiger partial charge in [0.1, 0.15) is 11.1 Å². The van der Waals surface area contributed by atoms with Gasteiger partial charge in [-0.05, 0) is 24.3 Å². The third-order valence-corrected chi connectivity index (χ3v) is 3.63. The van der Waals surface area contributed by atoms with Gasteiger partial charge >= 0.3 is 5.63 Å². The molecule has 0 saturated heterocycles. The number of phenols is 3.